The third-order valence-electron chi connectivity index (χ3n) is 5.43. The number of nitrogens with zero attached hydrogens (tertiary/aromatic N) is 4. The summed E-state index contributed by atoms with van der Waals surface area (Å²) in [6.07, 6.45) is 5.08. The van der Waals surface area contributed by atoms with Crippen molar-refractivity contribution in [2.45, 2.75) is 64.5 Å². The Morgan fingerprint density at radius 2 is 1.93 bits per heavy atom. The molecule has 4 rings (SSSR count). The van der Waals surface area contributed by atoms with Crippen LogP contribution in [-0.2, 0) is 20.9 Å². The quantitative estimate of drug-likeness (QED) is 0.807. The molecule has 1 aliphatic carbocycles. The summed E-state index contributed by atoms with van der Waals surface area (Å²) in [5.74, 6) is 3.50. The number of fused-ring (bicyclic) bond motifs is 1. The number of carbonyl (C=O) groups excluding carboxylic acids is 1. The van der Waals surface area contributed by atoms with E-state index in [9.17, 15) is 4.79 Å². The Balaban J connectivity index is 0.000000659. The molecular weight excluding hydrogens is 348 g/mol. The smallest absolute Gasteiger partial charge is 0.290 e. The van der Waals surface area contributed by atoms with E-state index in [2.05, 4.69) is 23.4 Å². The van der Waals surface area contributed by atoms with Crippen LogP contribution < -0.4 is 0 Å². The number of aromatic nitrogens is 3. The standard InChI is InChI=1S/C18H28N4O2.CH2O2/c1-12(2)11-15-17-19-16(13-3-4-13)20-22(17)8-7-21(15)18(23)14-5-9-24-10-6-14;2-1-3/h12-15H,3-11H2,1-2H3;1H,(H,2,3)/t15-;/m0./s1. The lowest BCUT2D eigenvalue weighted by atomic mass is 9.94. The second-order valence-electron chi connectivity index (χ2n) is 7.99. The largest absolute Gasteiger partial charge is 0.483 e. The summed E-state index contributed by atoms with van der Waals surface area (Å²) in [6.45, 7) is 7.14. The van der Waals surface area contributed by atoms with Gasteiger partial charge in [0.15, 0.2) is 5.82 Å². The minimum Gasteiger partial charge on any atom is -0.483 e. The Hall–Kier alpha value is -1.96. The van der Waals surface area contributed by atoms with Gasteiger partial charge >= 0.3 is 0 Å². The summed E-state index contributed by atoms with van der Waals surface area (Å²) in [7, 11) is 0. The Kier molecular flexibility index (Phi) is 6.46. The van der Waals surface area contributed by atoms with Crippen LogP contribution in [0.5, 0.6) is 0 Å². The fourth-order valence-corrected chi connectivity index (χ4v) is 3.92. The van der Waals surface area contributed by atoms with Gasteiger partial charge in [-0.15, -0.1) is 0 Å². The zero-order valence-corrected chi connectivity index (χ0v) is 16.2. The van der Waals surface area contributed by atoms with Gasteiger partial charge in [-0.25, -0.2) is 9.67 Å². The molecule has 1 atom stereocenters. The van der Waals surface area contributed by atoms with Gasteiger partial charge in [0.05, 0.1) is 12.6 Å². The molecule has 0 aromatic carbocycles. The molecule has 1 amide bonds. The van der Waals surface area contributed by atoms with Crippen LogP contribution in [0.15, 0.2) is 0 Å². The summed E-state index contributed by atoms with van der Waals surface area (Å²) in [4.78, 5) is 28.4. The topological polar surface area (TPSA) is 97.5 Å². The molecule has 1 saturated carbocycles. The Morgan fingerprint density at radius 3 is 2.52 bits per heavy atom. The Morgan fingerprint density at radius 1 is 1.26 bits per heavy atom. The molecule has 1 aromatic heterocycles. The molecule has 8 nitrogen and oxygen atoms in total. The zero-order valence-electron chi connectivity index (χ0n) is 16.2. The molecule has 0 radical (unpaired) electrons. The number of ether oxygens (including phenoxy) is 1. The van der Waals surface area contributed by atoms with Crippen molar-refractivity contribution in [3.63, 3.8) is 0 Å². The van der Waals surface area contributed by atoms with Crippen LogP contribution in [0.2, 0.25) is 0 Å². The number of hydrogen-bond acceptors (Lipinski definition) is 5. The summed E-state index contributed by atoms with van der Waals surface area (Å²) in [5.41, 5.74) is 0. The molecule has 0 bridgehead atoms. The van der Waals surface area contributed by atoms with Crippen molar-refractivity contribution in [2.24, 2.45) is 11.8 Å². The highest BCUT2D eigenvalue weighted by atomic mass is 16.5. The number of amides is 1. The van der Waals surface area contributed by atoms with Gasteiger partial charge in [-0.05, 0) is 38.0 Å². The van der Waals surface area contributed by atoms with Gasteiger partial charge < -0.3 is 14.7 Å². The van der Waals surface area contributed by atoms with Crippen LogP contribution in [0.1, 0.15) is 69.6 Å². The van der Waals surface area contributed by atoms with E-state index in [1.165, 1.54) is 12.8 Å². The molecular formula is C19H30N4O4. The number of carboxylic acid groups (broad SMARTS) is 1. The highest BCUT2D eigenvalue weighted by Gasteiger charge is 2.38. The van der Waals surface area contributed by atoms with Gasteiger partial charge in [0.1, 0.15) is 5.82 Å². The fourth-order valence-electron chi connectivity index (χ4n) is 3.92. The molecule has 150 valence electrons. The summed E-state index contributed by atoms with van der Waals surface area (Å²) in [5, 5.41) is 11.6. The van der Waals surface area contributed by atoms with Crippen molar-refractivity contribution in [3.8, 4) is 0 Å². The molecule has 0 unspecified atom stereocenters. The lowest BCUT2D eigenvalue weighted by molar-refractivity contribution is -0.143. The average molecular weight is 378 g/mol. The predicted molar refractivity (Wildman–Crippen MR) is 98.1 cm³/mol. The van der Waals surface area contributed by atoms with Crippen LogP contribution >= 0.6 is 0 Å². The van der Waals surface area contributed by atoms with Crippen LogP contribution in [0, 0.1) is 11.8 Å². The van der Waals surface area contributed by atoms with Crippen molar-refractivity contribution < 1.29 is 19.4 Å². The highest BCUT2D eigenvalue weighted by molar-refractivity contribution is 5.79. The van der Waals surface area contributed by atoms with Crippen LogP contribution in [0.3, 0.4) is 0 Å². The van der Waals surface area contributed by atoms with Crippen molar-refractivity contribution in [1.82, 2.24) is 19.7 Å². The number of hydrogen-bond donors (Lipinski definition) is 1. The maximum absolute atomic E-state index is 13.1. The first-order valence-corrected chi connectivity index (χ1v) is 9.95. The zero-order chi connectivity index (χ0) is 19.4. The van der Waals surface area contributed by atoms with E-state index in [1.54, 1.807) is 0 Å². The summed E-state index contributed by atoms with van der Waals surface area (Å²) < 4.78 is 7.49. The van der Waals surface area contributed by atoms with E-state index in [4.69, 9.17) is 24.7 Å². The van der Waals surface area contributed by atoms with Crippen LogP contribution in [0.25, 0.3) is 0 Å². The van der Waals surface area contributed by atoms with Crippen LogP contribution in [-0.4, -0.2) is 56.9 Å². The molecule has 1 saturated heterocycles. The molecule has 8 heteroatoms. The molecule has 3 aliphatic rings. The van der Waals surface area contributed by atoms with Gasteiger partial charge in [0.2, 0.25) is 5.91 Å². The molecule has 1 N–H and O–H groups in total. The summed E-state index contributed by atoms with van der Waals surface area (Å²) >= 11 is 0. The maximum atomic E-state index is 13.1. The van der Waals surface area contributed by atoms with Crippen molar-refractivity contribution in [1.29, 1.82) is 0 Å². The Bertz CT molecular complexity index is 650. The highest BCUT2D eigenvalue weighted by Crippen LogP contribution is 2.40. The maximum Gasteiger partial charge on any atom is 0.290 e. The SMILES string of the molecule is CC(C)C[C@H]1c2nc(C3CC3)nn2CCN1C(=O)C1CCOCC1.O=CO. The molecule has 27 heavy (non-hydrogen) atoms. The third-order valence-corrected chi connectivity index (χ3v) is 5.43. The molecule has 1 aromatic rings. The first-order chi connectivity index (χ1) is 13.0. The molecule has 3 heterocycles. The van der Waals surface area contributed by atoms with Gasteiger partial charge in [-0.2, -0.15) is 5.10 Å². The minimum absolute atomic E-state index is 0.0779. The first kappa shape index (κ1) is 19.8. The molecule has 0 spiro atoms. The van der Waals surface area contributed by atoms with Gasteiger partial charge in [0, 0.05) is 31.6 Å². The monoisotopic (exact) mass is 378 g/mol. The third kappa shape index (κ3) is 4.66. The first-order valence-electron chi connectivity index (χ1n) is 9.95. The average Bonchev–Trinajstić information content (AvgIpc) is 3.41. The number of rotatable bonds is 4. The van der Waals surface area contributed by atoms with Crippen molar-refractivity contribution in [2.75, 3.05) is 19.8 Å². The van der Waals surface area contributed by atoms with Gasteiger partial charge in [-0.3, -0.25) is 9.59 Å². The number of carbonyl (C=O) groups is 2. The van der Waals surface area contributed by atoms with E-state index in [1.807, 2.05) is 0 Å². The summed E-state index contributed by atoms with van der Waals surface area (Å²) in [6, 6.07) is 0.0779. The van der Waals surface area contributed by atoms with Gasteiger partial charge in [-0.1, -0.05) is 13.8 Å². The minimum atomic E-state index is -0.250. The molecule has 2 fully saturated rings. The Labute approximate surface area is 159 Å². The normalized spacial score (nSPS) is 22.8. The lowest BCUT2D eigenvalue weighted by Gasteiger charge is -2.38. The predicted octanol–water partition coefficient (Wildman–Crippen LogP) is 2.21. The molecule has 2 aliphatic heterocycles. The van der Waals surface area contributed by atoms with Crippen molar-refractivity contribution >= 4 is 12.4 Å². The van der Waals surface area contributed by atoms with Crippen LogP contribution in [0.4, 0.5) is 0 Å². The van der Waals surface area contributed by atoms with E-state index < -0.39 is 0 Å². The van der Waals surface area contributed by atoms with E-state index >= 15 is 0 Å². The second-order valence-corrected chi connectivity index (χ2v) is 7.99. The lowest BCUT2D eigenvalue weighted by Crippen LogP contribution is -2.46. The van der Waals surface area contributed by atoms with Crippen molar-refractivity contribution in [3.05, 3.63) is 11.6 Å². The van der Waals surface area contributed by atoms with E-state index in [-0.39, 0.29) is 18.4 Å². The van der Waals surface area contributed by atoms with E-state index in [0.29, 0.717) is 31.0 Å². The second kappa shape index (κ2) is 8.82. The fraction of sp³-hybridized carbons (Fsp3) is 0.789. The van der Waals surface area contributed by atoms with Gasteiger partial charge in [0.25, 0.3) is 6.47 Å². The van der Waals surface area contributed by atoms with E-state index in [0.717, 1.165) is 44.0 Å².